The summed E-state index contributed by atoms with van der Waals surface area (Å²) in [5.74, 6) is 2.24. The Bertz CT molecular complexity index is 329. The minimum absolute atomic E-state index is 0.138. The Morgan fingerprint density at radius 2 is 1.78 bits per heavy atom. The lowest BCUT2D eigenvalue weighted by Crippen LogP contribution is -2.43. The molecule has 2 fully saturated rings. The maximum atomic E-state index is 10.8. The van der Waals surface area contributed by atoms with E-state index in [1.165, 1.54) is 12.8 Å². The molecule has 1 nitrogen and oxygen atoms in total. The molecule has 2 rings (SSSR count). The summed E-state index contributed by atoms with van der Waals surface area (Å²) in [5, 5.41) is 10.8. The normalized spacial score (nSPS) is 45.6. The molecule has 0 amide bonds. The molecular formula is C17H30O. The summed E-state index contributed by atoms with van der Waals surface area (Å²) in [4.78, 5) is 0. The van der Waals surface area contributed by atoms with Gasteiger partial charge in [-0.25, -0.2) is 0 Å². The number of allylic oxidation sites excluding steroid dienone is 1. The Morgan fingerprint density at radius 3 is 2.33 bits per heavy atom. The fraction of sp³-hybridized carbons (Fsp3) is 0.882. The monoisotopic (exact) mass is 250 g/mol. The van der Waals surface area contributed by atoms with E-state index in [1.807, 2.05) is 6.08 Å². The van der Waals surface area contributed by atoms with Gasteiger partial charge in [-0.1, -0.05) is 40.7 Å². The van der Waals surface area contributed by atoms with Crippen molar-refractivity contribution in [2.75, 3.05) is 0 Å². The predicted octanol–water partition coefficient (Wildman–Crippen LogP) is 4.27. The Morgan fingerprint density at radius 1 is 1.17 bits per heavy atom. The Labute approximate surface area is 113 Å². The van der Waals surface area contributed by atoms with E-state index in [-0.39, 0.29) is 11.5 Å². The average molecular weight is 250 g/mol. The molecule has 1 heteroatoms. The van der Waals surface area contributed by atoms with Crippen LogP contribution in [0.1, 0.15) is 53.9 Å². The van der Waals surface area contributed by atoms with Crippen LogP contribution in [0.3, 0.4) is 0 Å². The number of hydrogen-bond donors (Lipinski definition) is 1. The van der Waals surface area contributed by atoms with Gasteiger partial charge in [-0.2, -0.15) is 0 Å². The highest BCUT2D eigenvalue weighted by molar-refractivity contribution is 5.10. The summed E-state index contributed by atoms with van der Waals surface area (Å²) in [6.45, 7) is 15.8. The third kappa shape index (κ3) is 1.78. The zero-order chi connectivity index (χ0) is 13.7. The van der Waals surface area contributed by atoms with E-state index in [0.717, 1.165) is 6.42 Å². The molecule has 0 saturated heterocycles. The van der Waals surface area contributed by atoms with Crippen LogP contribution in [0, 0.1) is 34.5 Å². The van der Waals surface area contributed by atoms with E-state index in [4.69, 9.17) is 0 Å². The van der Waals surface area contributed by atoms with Crippen LogP contribution in [0.25, 0.3) is 0 Å². The second-order valence-corrected chi connectivity index (χ2v) is 7.85. The molecule has 5 atom stereocenters. The van der Waals surface area contributed by atoms with Crippen LogP contribution in [-0.4, -0.2) is 11.2 Å². The lowest BCUT2D eigenvalue weighted by atomic mass is 9.63. The van der Waals surface area contributed by atoms with Crippen LogP contribution in [0.15, 0.2) is 12.7 Å². The van der Waals surface area contributed by atoms with Crippen molar-refractivity contribution in [3.05, 3.63) is 12.7 Å². The molecule has 0 heterocycles. The van der Waals surface area contributed by atoms with Crippen molar-refractivity contribution in [3.63, 3.8) is 0 Å². The van der Waals surface area contributed by atoms with E-state index < -0.39 is 0 Å². The molecule has 0 spiro atoms. The van der Waals surface area contributed by atoms with Crippen LogP contribution in [0.5, 0.6) is 0 Å². The Kier molecular flexibility index (Phi) is 3.43. The van der Waals surface area contributed by atoms with Gasteiger partial charge in [0.2, 0.25) is 0 Å². The molecule has 0 radical (unpaired) electrons. The number of aliphatic hydroxyl groups is 1. The standard InChI is InChI=1S/C17H30O/c1-7-8-12-9-10-13-14(15(12)18)17(5,6)11(2)16(13,3)4/h7,11-15,18H,1,8-10H2,2-6H3. The molecule has 18 heavy (non-hydrogen) atoms. The van der Waals surface area contributed by atoms with Crippen LogP contribution in [0.4, 0.5) is 0 Å². The van der Waals surface area contributed by atoms with Crippen LogP contribution >= 0.6 is 0 Å². The quantitative estimate of drug-likeness (QED) is 0.726. The van der Waals surface area contributed by atoms with Gasteiger partial charge in [-0.05, 0) is 53.8 Å². The fourth-order valence-corrected chi connectivity index (χ4v) is 5.11. The van der Waals surface area contributed by atoms with Gasteiger partial charge in [-0.15, -0.1) is 6.58 Å². The zero-order valence-corrected chi connectivity index (χ0v) is 12.7. The summed E-state index contributed by atoms with van der Waals surface area (Å²) in [6.07, 6.45) is 5.25. The largest absolute Gasteiger partial charge is 0.393 e. The first-order valence-corrected chi connectivity index (χ1v) is 7.53. The minimum atomic E-state index is -0.138. The SMILES string of the molecule is C=CCC1CCC2C(C1O)C(C)(C)C(C)C2(C)C. The molecule has 0 aromatic rings. The first-order valence-electron chi connectivity index (χ1n) is 7.53. The summed E-state index contributed by atoms with van der Waals surface area (Å²) in [6, 6.07) is 0. The average Bonchev–Trinajstić information content (AvgIpc) is 2.42. The molecule has 2 saturated carbocycles. The second-order valence-electron chi connectivity index (χ2n) is 7.85. The van der Waals surface area contributed by atoms with Gasteiger partial charge in [0.15, 0.2) is 0 Å². The van der Waals surface area contributed by atoms with Crippen molar-refractivity contribution in [1.29, 1.82) is 0 Å². The van der Waals surface area contributed by atoms with Gasteiger partial charge < -0.3 is 5.11 Å². The van der Waals surface area contributed by atoms with Crippen LogP contribution in [0.2, 0.25) is 0 Å². The molecule has 5 unspecified atom stereocenters. The van der Waals surface area contributed by atoms with Crippen molar-refractivity contribution < 1.29 is 5.11 Å². The molecule has 1 N–H and O–H groups in total. The molecule has 0 bridgehead atoms. The molecule has 2 aliphatic rings. The molecule has 104 valence electrons. The molecule has 2 aliphatic carbocycles. The molecule has 0 aromatic heterocycles. The number of rotatable bonds is 2. The van der Waals surface area contributed by atoms with Crippen molar-refractivity contribution >= 4 is 0 Å². The van der Waals surface area contributed by atoms with Gasteiger partial charge in [0, 0.05) is 0 Å². The first-order chi connectivity index (χ1) is 8.24. The highest BCUT2D eigenvalue weighted by Gasteiger charge is 2.61. The summed E-state index contributed by atoms with van der Waals surface area (Å²) < 4.78 is 0. The van der Waals surface area contributed by atoms with E-state index >= 15 is 0 Å². The van der Waals surface area contributed by atoms with Gasteiger partial charge in [0.1, 0.15) is 0 Å². The zero-order valence-electron chi connectivity index (χ0n) is 12.7. The lowest BCUT2D eigenvalue weighted by molar-refractivity contribution is -0.0507. The lowest BCUT2D eigenvalue weighted by Gasteiger charge is -2.44. The minimum Gasteiger partial charge on any atom is -0.393 e. The Hall–Kier alpha value is -0.300. The Balaban J connectivity index is 2.32. The van der Waals surface area contributed by atoms with E-state index in [0.29, 0.717) is 29.1 Å². The summed E-state index contributed by atoms with van der Waals surface area (Å²) in [7, 11) is 0. The summed E-state index contributed by atoms with van der Waals surface area (Å²) in [5.41, 5.74) is 0.599. The molecule has 0 aliphatic heterocycles. The van der Waals surface area contributed by atoms with E-state index in [9.17, 15) is 5.11 Å². The number of fused-ring (bicyclic) bond motifs is 1. The van der Waals surface area contributed by atoms with Crippen molar-refractivity contribution in [1.82, 2.24) is 0 Å². The maximum Gasteiger partial charge on any atom is 0.0607 e. The van der Waals surface area contributed by atoms with Gasteiger partial charge in [-0.3, -0.25) is 0 Å². The van der Waals surface area contributed by atoms with Gasteiger partial charge >= 0.3 is 0 Å². The second kappa shape index (κ2) is 4.37. The third-order valence-corrected chi connectivity index (χ3v) is 6.65. The number of aliphatic hydroxyl groups excluding tert-OH is 1. The van der Waals surface area contributed by atoms with Gasteiger partial charge in [0.05, 0.1) is 6.10 Å². The van der Waals surface area contributed by atoms with Crippen molar-refractivity contribution in [2.24, 2.45) is 34.5 Å². The van der Waals surface area contributed by atoms with E-state index in [2.05, 4.69) is 41.2 Å². The fourth-order valence-electron chi connectivity index (χ4n) is 5.11. The maximum absolute atomic E-state index is 10.8. The molecule has 0 aromatic carbocycles. The number of hydrogen-bond acceptors (Lipinski definition) is 1. The van der Waals surface area contributed by atoms with Crippen LogP contribution < -0.4 is 0 Å². The van der Waals surface area contributed by atoms with Crippen molar-refractivity contribution in [3.8, 4) is 0 Å². The van der Waals surface area contributed by atoms with Gasteiger partial charge in [0.25, 0.3) is 0 Å². The first kappa shape index (κ1) is 14.1. The topological polar surface area (TPSA) is 20.2 Å². The molecular weight excluding hydrogens is 220 g/mol. The van der Waals surface area contributed by atoms with E-state index in [1.54, 1.807) is 0 Å². The van der Waals surface area contributed by atoms with Crippen molar-refractivity contribution in [2.45, 2.75) is 60.0 Å². The smallest absolute Gasteiger partial charge is 0.0607 e. The highest BCUT2D eigenvalue weighted by atomic mass is 16.3. The summed E-state index contributed by atoms with van der Waals surface area (Å²) >= 11 is 0. The van der Waals surface area contributed by atoms with Crippen LogP contribution in [-0.2, 0) is 0 Å². The highest BCUT2D eigenvalue weighted by Crippen LogP contribution is 2.65. The predicted molar refractivity (Wildman–Crippen MR) is 77.3 cm³/mol. The third-order valence-electron chi connectivity index (χ3n) is 6.65.